The predicted molar refractivity (Wildman–Crippen MR) is 88.5 cm³/mol. The Kier molecular flexibility index (Phi) is 5.75. The van der Waals surface area contributed by atoms with Gasteiger partial charge < -0.3 is 0 Å². The van der Waals surface area contributed by atoms with Crippen LogP contribution in [0.15, 0.2) is 34.5 Å². The van der Waals surface area contributed by atoms with Gasteiger partial charge in [0, 0.05) is 6.54 Å². The van der Waals surface area contributed by atoms with Crippen LogP contribution in [0, 0.1) is 24.1 Å². The van der Waals surface area contributed by atoms with E-state index in [1.807, 2.05) is 0 Å². The maximum Gasteiger partial charge on any atom is 0.409 e. The van der Waals surface area contributed by atoms with E-state index in [4.69, 9.17) is 5.26 Å². The van der Waals surface area contributed by atoms with Crippen LogP contribution in [0.25, 0.3) is 0 Å². The fraction of sp³-hybridized carbons (Fsp3) is 0.312. The molecule has 0 aliphatic rings. The molecule has 0 aliphatic heterocycles. The molecule has 0 radical (unpaired) electrons. The predicted octanol–water partition coefficient (Wildman–Crippen LogP) is 4.38. The largest absolute Gasteiger partial charge is 0.409 e. The van der Waals surface area contributed by atoms with Gasteiger partial charge in [-0.05, 0) is 36.2 Å². The van der Waals surface area contributed by atoms with Crippen molar-refractivity contribution in [3.8, 4) is 6.07 Å². The number of thiophene rings is 1. The van der Waals surface area contributed by atoms with Gasteiger partial charge in [-0.2, -0.15) is 22.7 Å². The molecule has 0 saturated heterocycles. The summed E-state index contributed by atoms with van der Waals surface area (Å²) in [5.41, 5.74) is -0.191. The van der Waals surface area contributed by atoms with Crippen molar-refractivity contribution in [2.45, 2.75) is 30.3 Å². The molecule has 2 aromatic rings. The van der Waals surface area contributed by atoms with E-state index in [1.165, 1.54) is 19.9 Å². The molecule has 4 nitrogen and oxygen atoms in total. The van der Waals surface area contributed by atoms with Gasteiger partial charge in [-0.1, -0.05) is 19.1 Å². The summed E-state index contributed by atoms with van der Waals surface area (Å²) in [5, 5.41) is 8.92. The number of hydrogen-bond donors (Lipinski definition) is 0. The molecule has 1 unspecified atom stereocenters. The lowest BCUT2D eigenvalue weighted by Crippen LogP contribution is -2.42. The van der Waals surface area contributed by atoms with Crippen molar-refractivity contribution in [2.75, 3.05) is 6.54 Å². The smallest absolute Gasteiger partial charge is 0.207 e. The van der Waals surface area contributed by atoms with E-state index in [9.17, 15) is 26.0 Å². The zero-order valence-corrected chi connectivity index (χ0v) is 15.3. The Morgan fingerprint density at radius 3 is 2.27 bits per heavy atom. The van der Waals surface area contributed by atoms with E-state index in [0.717, 1.165) is 24.3 Å². The highest BCUT2D eigenvalue weighted by atomic mass is 32.2. The minimum atomic E-state index is -4.91. The van der Waals surface area contributed by atoms with E-state index < -0.39 is 34.6 Å². The number of nitriles is 1. The van der Waals surface area contributed by atoms with Crippen molar-refractivity contribution in [3.05, 3.63) is 52.2 Å². The van der Waals surface area contributed by atoms with Gasteiger partial charge in [-0.3, -0.25) is 0 Å². The summed E-state index contributed by atoms with van der Waals surface area (Å²) in [6, 6.07) is 4.14. The molecule has 1 heterocycles. The molecule has 2 rings (SSSR count). The first-order chi connectivity index (χ1) is 12.0. The molecule has 0 saturated carbocycles. The number of aryl methyl sites for hydroxylation is 1. The Hall–Kier alpha value is -1.96. The topological polar surface area (TPSA) is 61.2 Å². The van der Waals surface area contributed by atoms with Gasteiger partial charge in [0.15, 0.2) is 0 Å². The van der Waals surface area contributed by atoms with Crippen LogP contribution in [0.5, 0.6) is 0 Å². The summed E-state index contributed by atoms with van der Waals surface area (Å²) < 4.78 is 80.0. The standard InChI is InChI=1S/C16H14F4N2O2S2/c1-3-22(26(23,24)15-10(2)8-13(9-21)25-15)14(16(18,19)20)11-4-6-12(17)7-5-11/h4-8,14H,3H2,1-2H3. The number of halogens is 4. The Bertz CT molecular complexity index is 929. The molecule has 0 fully saturated rings. The highest BCUT2D eigenvalue weighted by Crippen LogP contribution is 2.42. The van der Waals surface area contributed by atoms with Gasteiger partial charge >= 0.3 is 6.18 Å². The molecule has 26 heavy (non-hydrogen) atoms. The second-order valence-electron chi connectivity index (χ2n) is 5.40. The molecule has 0 bridgehead atoms. The summed E-state index contributed by atoms with van der Waals surface area (Å²) in [7, 11) is -4.52. The molecule has 10 heteroatoms. The first kappa shape index (κ1) is 20.4. The SMILES string of the molecule is CCN(C(c1ccc(F)cc1)C(F)(F)F)S(=O)(=O)c1sc(C#N)cc1C. The molecule has 0 aliphatic carbocycles. The second kappa shape index (κ2) is 7.34. The lowest BCUT2D eigenvalue weighted by Gasteiger charge is -2.31. The van der Waals surface area contributed by atoms with E-state index >= 15 is 0 Å². The molecule has 140 valence electrons. The fourth-order valence-electron chi connectivity index (χ4n) is 2.54. The minimum Gasteiger partial charge on any atom is -0.207 e. The Morgan fingerprint density at radius 1 is 1.27 bits per heavy atom. The number of rotatable bonds is 5. The molecule has 0 amide bonds. The van der Waals surface area contributed by atoms with Crippen molar-refractivity contribution >= 4 is 21.4 Å². The van der Waals surface area contributed by atoms with Crippen LogP contribution in [0.3, 0.4) is 0 Å². The van der Waals surface area contributed by atoms with Crippen LogP contribution < -0.4 is 0 Å². The van der Waals surface area contributed by atoms with Crippen LogP contribution >= 0.6 is 11.3 Å². The zero-order chi connectivity index (χ0) is 19.7. The number of alkyl halides is 3. The molecule has 1 aromatic heterocycles. The number of hydrogen-bond acceptors (Lipinski definition) is 4. The fourth-order valence-corrected chi connectivity index (χ4v) is 5.75. The van der Waals surface area contributed by atoms with Crippen molar-refractivity contribution in [1.82, 2.24) is 4.31 Å². The van der Waals surface area contributed by atoms with Gasteiger partial charge in [0.25, 0.3) is 10.0 Å². The average molecular weight is 406 g/mol. The third-order valence-corrected chi connectivity index (χ3v) is 7.32. The summed E-state index contributed by atoms with van der Waals surface area (Å²) in [4.78, 5) is 0.0856. The summed E-state index contributed by atoms with van der Waals surface area (Å²) in [6.07, 6.45) is -4.91. The molecular weight excluding hydrogens is 392 g/mol. The molecule has 1 aromatic carbocycles. The van der Waals surface area contributed by atoms with Crippen LogP contribution in [0.2, 0.25) is 0 Å². The lowest BCUT2D eigenvalue weighted by molar-refractivity contribution is -0.173. The highest BCUT2D eigenvalue weighted by molar-refractivity contribution is 7.91. The first-order valence-corrected chi connectivity index (χ1v) is 9.62. The Morgan fingerprint density at radius 2 is 1.85 bits per heavy atom. The number of sulfonamides is 1. The zero-order valence-electron chi connectivity index (χ0n) is 13.7. The third-order valence-electron chi connectivity index (χ3n) is 3.62. The monoisotopic (exact) mass is 406 g/mol. The number of nitrogens with zero attached hydrogens (tertiary/aromatic N) is 2. The molecule has 1 atom stereocenters. The molecule has 0 spiro atoms. The van der Waals surface area contributed by atoms with Crippen LogP contribution in [0.4, 0.5) is 17.6 Å². The quantitative estimate of drug-likeness (QED) is 0.693. The molecular formula is C16H14F4N2O2S2. The van der Waals surface area contributed by atoms with Gasteiger partial charge in [0.05, 0.1) is 0 Å². The van der Waals surface area contributed by atoms with Gasteiger partial charge in [-0.15, -0.1) is 11.3 Å². The van der Waals surface area contributed by atoms with Gasteiger partial charge in [0.1, 0.15) is 27.0 Å². The lowest BCUT2D eigenvalue weighted by atomic mass is 10.1. The van der Waals surface area contributed by atoms with E-state index in [1.54, 1.807) is 6.07 Å². The Balaban J connectivity index is 2.62. The number of benzene rings is 1. The summed E-state index contributed by atoms with van der Waals surface area (Å²) >= 11 is 0.618. The van der Waals surface area contributed by atoms with Gasteiger partial charge in [-0.25, -0.2) is 12.8 Å². The van der Waals surface area contributed by atoms with E-state index in [0.29, 0.717) is 15.6 Å². The first-order valence-electron chi connectivity index (χ1n) is 7.37. The normalized spacial score (nSPS) is 13.6. The van der Waals surface area contributed by atoms with Gasteiger partial charge in [0.2, 0.25) is 0 Å². The van der Waals surface area contributed by atoms with Crippen LogP contribution in [-0.4, -0.2) is 25.4 Å². The summed E-state index contributed by atoms with van der Waals surface area (Å²) in [6.45, 7) is 2.25. The summed E-state index contributed by atoms with van der Waals surface area (Å²) in [5.74, 6) is -0.728. The third kappa shape index (κ3) is 3.90. The maximum absolute atomic E-state index is 13.7. The van der Waals surface area contributed by atoms with E-state index in [2.05, 4.69) is 0 Å². The van der Waals surface area contributed by atoms with Crippen molar-refractivity contribution < 1.29 is 26.0 Å². The van der Waals surface area contributed by atoms with Crippen molar-refractivity contribution in [3.63, 3.8) is 0 Å². The van der Waals surface area contributed by atoms with E-state index in [-0.39, 0.29) is 20.2 Å². The average Bonchev–Trinajstić information content (AvgIpc) is 2.94. The van der Waals surface area contributed by atoms with Crippen LogP contribution in [0.1, 0.15) is 29.0 Å². The highest BCUT2D eigenvalue weighted by Gasteiger charge is 2.49. The van der Waals surface area contributed by atoms with Crippen molar-refractivity contribution in [2.24, 2.45) is 0 Å². The van der Waals surface area contributed by atoms with Crippen LogP contribution in [-0.2, 0) is 10.0 Å². The second-order valence-corrected chi connectivity index (χ2v) is 8.54. The Labute approximate surface area is 152 Å². The molecule has 0 N–H and O–H groups in total. The minimum absolute atomic E-state index is 0.0856. The van der Waals surface area contributed by atoms with Crippen molar-refractivity contribution in [1.29, 1.82) is 5.26 Å². The maximum atomic E-state index is 13.7.